The number of benzene rings is 2. The van der Waals surface area contributed by atoms with E-state index in [2.05, 4.69) is 22.1 Å². The molecule has 1 unspecified atom stereocenters. The lowest BCUT2D eigenvalue weighted by Gasteiger charge is -2.29. The molecule has 148 valence electrons. The molecule has 0 saturated carbocycles. The Hall–Kier alpha value is -2.93. The summed E-state index contributed by atoms with van der Waals surface area (Å²) in [5.41, 5.74) is 2.92. The fourth-order valence-corrected chi connectivity index (χ4v) is 4.12. The number of carbonyl (C=O) groups excluding carboxylic acids is 1. The van der Waals surface area contributed by atoms with Crippen molar-refractivity contribution in [2.45, 2.75) is 38.1 Å². The van der Waals surface area contributed by atoms with E-state index in [0.717, 1.165) is 35.4 Å². The molecule has 0 bridgehead atoms. The summed E-state index contributed by atoms with van der Waals surface area (Å²) < 4.78 is 6.32. The first kappa shape index (κ1) is 19.4. The van der Waals surface area contributed by atoms with E-state index in [9.17, 15) is 4.79 Å². The highest BCUT2D eigenvalue weighted by Gasteiger charge is 2.34. The van der Waals surface area contributed by atoms with Gasteiger partial charge >= 0.3 is 0 Å². The number of carbonyl (C=O) groups is 1. The standard InChI is InChI=1S/C22H22N4O2S/c1-3-4-14-29-22-23-20-19(24-25-22)17-12-8-9-13-18(17)26(15(2)27)21(28-20)16-10-6-5-7-11-16/h5-13,21H,3-4,14H2,1-2H3. The average molecular weight is 407 g/mol. The Balaban J connectivity index is 1.85. The molecule has 1 aromatic heterocycles. The van der Waals surface area contributed by atoms with Crippen molar-refractivity contribution in [3.8, 4) is 17.1 Å². The van der Waals surface area contributed by atoms with Crippen molar-refractivity contribution in [1.29, 1.82) is 0 Å². The lowest BCUT2D eigenvalue weighted by Crippen LogP contribution is -2.36. The minimum Gasteiger partial charge on any atom is -0.447 e. The van der Waals surface area contributed by atoms with Crippen molar-refractivity contribution in [3.63, 3.8) is 0 Å². The van der Waals surface area contributed by atoms with Gasteiger partial charge in [0.15, 0.2) is 5.69 Å². The van der Waals surface area contributed by atoms with Crippen LogP contribution in [0.15, 0.2) is 59.8 Å². The third kappa shape index (κ3) is 3.96. The van der Waals surface area contributed by atoms with Gasteiger partial charge in [-0.1, -0.05) is 73.6 Å². The maximum Gasteiger partial charge on any atom is 0.247 e. The molecule has 0 aliphatic carbocycles. The molecule has 1 aliphatic heterocycles. The molecule has 0 saturated heterocycles. The van der Waals surface area contributed by atoms with Gasteiger partial charge < -0.3 is 4.74 Å². The van der Waals surface area contributed by atoms with Gasteiger partial charge in [-0.3, -0.25) is 9.69 Å². The molecular weight excluding hydrogens is 384 g/mol. The Labute approximate surface area is 174 Å². The second kappa shape index (κ2) is 8.61. The number of para-hydroxylation sites is 1. The summed E-state index contributed by atoms with van der Waals surface area (Å²) in [4.78, 5) is 19.0. The van der Waals surface area contributed by atoms with E-state index in [-0.39, 0.29) is 5.91 Å². The van der Waals surface area contributed by atoms with E-state index in [1.807, 2.05) is 54.6 Å². The largest absolute Gasteiger partial charge is 0.447 e. The van der Waals surface area contributed by atoms with Crippen LogP contribution >= 0.6 is 11.8 Å². The highest BCUT2D eigenvalue weighted by Crippen LogP contribution is 2.43. The van der Waals surface area contributed by atoms with Crippen LogP contribution in [0.5, 0.6) is 5.88 Å². The van der Waals surface area contributed by atoms with Crippen molar-refractivity contribution in [3.05, 3.63) is 60.2 Å². The van der Waals surface area contributed by atoms with Gasteiger partial charge in [-0.05, 0) is 12.5 Å². The zero-order valence-corrected chi connectivity index (χ0v) is 17.2. The first-order chi connectivity index (χ1) is 14.2. The number of unbranched alkanes of at least 4 members (excludes halogenated alkanes) is 1. The topological polar surface area (TPSA) is 68.2 Å². The summed E-state index contributed by atoms with van der Waals surface area (Å²) in [6.07, 6.45) is 1.56. The van der Waals surface area contributed by atoms with Gasteiger partial charge in [-0.15, -0.1) is 10.2 Å². The van der Waals surface area contributed by atoms with Gasteiger partial charge in [-0.25, -0.2) is 0 Å². The van der Waals surface area contributed by atoms with Crippen LogP contribution in [0.3, 0.4) is 0 Å². The van der Waals surface area contributed by atoms with Gasteiger partial charge in [0.05, 0.1) is 5.69 Å². The number of rotatable bonds is 5. The normalized spacial score (nSPS) is 15.1. The molecule has 3 aromatic rings. The zero-order chi connectivity index (χ0) is 20.2. The van der Waals surface area contributed by atoms with Crippen molar-refractivity contribution in [2.24, 2.45) is 0 Å². The number of thioether (sulfide) groups is 1. The number of ether oxygens (including phenoxy) is 1. The van der Waals surface area contributed by atoms with Gasteiger partial charge in [0.1, 0.15) is 0 Å². The minimum atomic E-state index is -0.638. The quantitative estimate of drug-likeness (QED) is 0.445. The number of aromatic nitrogens is 3. The number of amides is 1. The molecule has 0 N–H and O–H groups in total. The molecule has 1 aliphatic rings. The molecule has 0 fully saturated rings. The second-order valence-corrected chi connectivity index (χ2v) is 7.80. The predicted octanol–water partition coefficient (Wildman–Crippen LogP) is 4.87. The van der Waals surface area contributed by atoms with Gasteiger partial charge in [0.2, 0.25) is 23.2 Å². The van der Waals surface area contributed by atoms with Crippen molar-refractivity contribution in [1.82, 2.24) is 15.2 Å². The van der Waals surface area contributed by atoms with E-state index in [1.54, 1.807) is 16.7 Å². The number of fused-ring (bicyclic) bond motifs is 3. The average Bonchev–Trinajstić information content (AvgIpc) is 2.89. The van der Waals surface area contributed by atoms with Crippen molar-refractivity contribution in [2.75, 3.05) is 10.7 Å². The van der Waals surface area contributed by atoms with Crippen LogP contribution in [0, 0.1) is 0 Å². The number of anilines is 1. The summed E-state index contributed by atoms with van der Waals surface area (Å²) in [5.74, 6) is 1.20. The number of hydrogen-bond acceptors (Lipinski definition) is 6. The predicted molar refractivity (Wildman–Crippen MR) is 114 cm³/mol. The van der Waals surface area contributed by atoms with Crippen molar-refractivity contribution >= 4 is 23.4 Å². The van der Waals surface area contributed by atoms with E-state index in [1.165, 1.54) is 6.92 Å². The van der Waals surface area contributed by atoms with Gasteiger partial charge in [-0.2, -0.15) is 4.98 Å². The molecule has 7 heteroatoms. The van der Waals surface area contributed by atoms with Crippen molar-refractivity contribution < 1.29 is 9.53 Å². The van der Waals surface area contributed by atoms with E-state index >= 15 is 0 Å². The molecule has 2 heterocycles. The van der Waals surface area contributed by atoms with Crippen LogP contribution in [-0.2, 0) is 4.79 Å². The van der Waals surface area contributed by atoms with Gasteiger partial charge in [0, 0.05) is 23.8 Å². The number of nitrogens with zero attached hydrogens (tertiary/aromatic N) is 4. The summed E-state index contributed by atoms with van der Waals surface area (Å²) in [5, 5.41) is 9.30. The van der Waals surface area contributed by atoms with Crippen LogP contribution < -0.4 is 9.64 Å². The molecule has 6 nitrogen and oxygen atoms in total. The summed E-state index contributed by atoms with van der Waals surface area (Å²) >= 11 is 1.56. The van der Waals surface area contributed by atoms with E-state index in [0.29, 0.717) is 16.7 Å². The summed E-state index contributed by atoms with van der Waals surface area (Å²) in [6, 6.07) is 17.3. The van der Waals surface area contributed by atoms with Crippen LogP contribution in [0.1, 0.15) is 38.5 Å². The molecule has 2 aromatic carbocycles. The molecule has 0 radical (unpaired) electrons. The van der Waals surface area contributed by atoms with Gasteiger partial charge in [0.25, 0.3) is 0 Å². The Morgan fingerprint density at radius 3 is 2.62 bits per heavy atom. The Morgan fingerprint density at radius 2 is 1.86 bits per heavy atom. The lowest BCUT2D eigenvalue weighted by molar-refractivity contribution is -0.118. The van der Waals surface area contributed by atoms with Crippen LogP contribution in [-0.4, -0.2) is 26.8 Å². The van der Waals surface area contributed by atoms with Crippen LogP contribution in [0.4, 0.5) is 5.69 Å². The number of hydrogen-bond donors (Lipinski definition) is 0. The highest BCUT2D eigenvalue weighted by molar-refractivity contribution is 7.99. The molecule has 1 atom stereocenters. The molecule has 29 heavy (non-hydrogen) atoms. The maximum atomic E-state index is 12.7. The third-order valence-corrected chi connectivity index (χ3v) is 5.59. The first-order valence-electron chi connectivity index (χ1n) is 9.67. The smallest absolute Gasteiger partial charge is 0.247 e. The molecule has 0 spiro atoms. The molecule has 4 rings (SSSR count). The fourth-order valence-electron chi connectivity index (χ4n) is 3.26. The first-order valence-corrected chi connectivity index (χ1v) is 10.7. The third-order valence-electron chi connectivity index (χ3n) is 4.66. The summed E-state index contributed by atoms with van der Waals surface area (Å²) in [7, 11) is 0. The molecular formula is C22H22N4O2S. The highest BCUT2D eigenvalue weighted by atomic mass is 32.2. The monoisotopic (exact) mass is 406 g/mol. The SMILES string of the molecule is CCCCSc1nnc2c(n1)OC(c1ccccc1)N(C(C)=O)c1ccccc1-2. The van der Waals surface area contributed by atoms with Crippen LogP contribution in [0.2, 0.25) is 0 Å². The molecule has 1 amide bonds. The lowest BCUT2D eigenvalue weighted by atomic mass is 10.1. The van der Waals surface area contributed by atoms with Crippen LogP contribution in [0.25, 0.3) is 11.3 Å². The van der Waals surface area contributed by atoms with E-state index in [4.69, 9.17) is 4.74 Å². The minimum absolute atomic E-state index is 0.121. The zero-order valence-electron chi connectivity index (χ0n) is 16.4. The second-order valence-electron chi connectivity index (χ2n) is 6.74. The Bertz CT molecular complexity index is 1010. The summed E-state index contributed by atoms with van der Waals surface area (Å²) in [6.45, 7) is 3.69. The Morgan fingerprint density at radius 1 is 1.10 bits per heavy atom. The Kier molecular flexibility index (Phi) is 5.76. The fraction of sp³-hybridized carbons (Fsp3) is 0.273. The maximum absolute atomic E-state index is 12.7. The van der Waals surface area contributed by atoms with E-state index < -0.39 is 6.23 Å².